The Morgan fingerprint density at radius 3 is 2.36 bits per heavy atom. The molecule has 0 saturated heterocycles. The minimum Gasteiger partial charge on any atom is -0.496 e. The maximum absolute atomic E-state index is 12.7. The first kappa shape index (κ1) is 20.9. The zero-order chi connectivity index (χ0) is 16.0. The number of nitrogens with zero attached hydrogens (tertiary/aromatic N) is 1. The highest BCUT2D eigenvalue weighted by Crippen LogP contribution is 2.30. The van der Waals surface area contributed by atoms with Gasteiger partial charge in [-0.05, 0) is 18.9 Å². The van der Waals surface area contributed by atoms with Crippen molar-refractivity contribution in [1.82, 2.24) is 4.90 Å². The van der Waals surface area contributed by atoms with E-state index in [1.54, 1.807) is 12.1 Å². The molecule has 0 aliphatic carbocycles. The molecular weight excluding hydrogens is 323 g/mol. The van der Waals surface area contributed by atoms with Crippen molar-refractivity contribution >= 4 is 35.6 Å². The highest BCUT2D eigenvalue weighted by atomic mass is 35.5. The summed E-state index contributed by atoms with van der Waals surface area (Å²) in [6.45, 7) is 7.67. The molecular formula is C16H26Cl2N2O2. The summed E-state index contributed by atoms with van der Waals surface area (Å²) >= 11 is 6.04. The van der Waals surface area contributed by atoms with Gasteiger partial charge >= 0.3 is 0 Å². The molecule has 2 N–H and O–H groups in total. The second kappa shape index (κ2) is 9.80. The predicted octanol–water partition coefficient (Wildman–Crippen LogP) is 4.25. The van der Waals surface area contributed by atoms with Gasteiger partial charge in [-0.2, -0.15) is 0 Å². The third kappa shape index (κ3) is 4.96. The van der Waals surface area contributed by atoms with Crippen LogP contribution in [0.25, 0.3) is 0 Å². The molecule has 0 aliphatic heterocycles. The van der Waals surface area contributed by atoms with Gasteiger partial charge in [-0.1, -0.05) is 38.3 Å². The van der Waals surface area contributed by atoms with E-state index in [1.165, 1.54) is 7.11 Å². The van der Waals surface area contributed by atoms with E-state index < -0.39 is 0 Å². The van der Waals surface area contributed by atoms with Crippen molar-refractivity contribution < 1.29 is 9.53 Å². The van der Waals surface area contributed by atoms with Crippen molar-refractivity contribution in [2.75, 3.05) is 25.9 Å². The molecule has 0 aromatic heterocycles. The van der Waals surface area contributed by atoms with Gasteiger partial charge in [0.05, 0.1) is 23.4 Å². The van der Waals surface area contributed by atoms with E-state index in [0.717, 1.165) is 19.4 Å². The number of methoxy groups -OCH3 is 1. The molecule has 0 atom stereocenters. The van der Waals surface area contributed by atoms with E-state index in [9.17, 15) is 4.79 Å². The van der Waals surface area contributed by atoms with Crippen LogP contribution in [0.4, 0.5) is 5.69 Å². The van der Waals surface area contributed by atoms with Crippen LogP contribution in [0.3, 0.4) is 0 Å². The highest BCUT2D eigenvalue weighted by molar-refractivity contribution is 6.33. The number of amides is 1. The topological polar surface area (TPSA) is 55.6 Å². The molecule has 1 aromatic rings. The lowest BCUT2D eigenvalue weighted by Crippen LogP contribution is -2.35. The Hall–Kier alpha value is -1.13. The number of nitrogens with two attached hydrogens (primary N) is 1. The Labute approximate surface area is 144 Å². The number of ether oxygens (including phenoxy) is 1. The molecule has 0 radical (unpaired) electrons. The van der Waals surface area contributed by atoms with Crippen LogP contribution in [0.5, 0.6) is 5.75 Å². The van der Waals surface area contributed by atoms with Crippen molar-refractivity contribution in [3.05, 3.63) is 22.7 Å². The first-order valence-corrected chi connectivity index (χ1v) is 7.78. The van der Waals surface area contributed by atoms with Gasteiger partial charge in [0.2, 0.25) is 0 Å². The Morgan fingerprint density at radius 1 is 1.32 bits per heavy atom. The van der Waals surface area contributed by atoms with Crippen LogP contribution in [-0.4, -0.2) is 31.0 Å². The van der Waals surface area contributed by atoms with E-state index in [2.05, 4.69) is 13.8 Å². The van der Waals surface area contributed by atoms with Crippen molar-refractivity contribution in [2.24, 2.45) is 5.92 Å². The number of nitrogen functional groups attached to an aromatic ring is 1. The quantitative estimate of drug-likeness (QED) is 0.749. The van der Waals surface area contributed by atoms with Crippen molar-refractivity contribution in [3.63, 3.8) is 0 Å². The number of halogens is 2. The van der Waals surface area contributed by atoms with E-state index >= 15 is 0 Å². The first-order chi connectivity index (χ1) is 9.98. The van der Waals surface area contributed by atoms with Gasteiger partial charge in [0.25, 0.3) is 5.91 Å². The number of benzene rings is 1. The summed E-state index contributed by atoms with van der Waals surface area (Å²) in [5.41, 5.74) is 6.63. The normalized spacial score (nSPS) is 10.3. The number of carbonyl (C=O) groups is 1. The van der Waals surface area contributed by atoms with Crippen LogP contribution in [0.15, 0.2) is 12.1 Å². The average Bonchev–Trinajstić information content (AvgIpc) is 2.50. The summed E-state index contributed by atoms with van der Waals surface area (Å²) in [7, 11) is 1.52. The number of hydrogen-bond acceptors (Lipinski definition) is 3. The number of anilines is 1. The van der Waals surface area contributed by atoms with Gasteiger partial charge in [-0.3, -0.25) is 4.79 Å². The van der Waals surface area contributed by atoms with Crippen molar-refractivity contribution in [2.45, 2.75) is 33.6 Å². The zero-order valence-electron chi connectivity index (χ0n) is 13.7. The van der Waals surface area contributed by atoms with Gasteiger partial charge in [0.15, 0.2) is 0 Å². The predicted molar refractivity (Wildman–Crippen MR) is 95.3 cm³/mol. The Kier molecular flexibility index (Phi) is 9.30. The van der Waals surface area contributed by atoms with E-state index in [-0.39, 0.29) is 18.3 Å². The molecule has 4 nitrogen and oxygen atoms in total. The summed E-state index contributed by atoms with van der Waals surface area (Å²) in [4.78, 5) is 14.6. The summed E-state index contributed by atoms with van der Waals surface area (Å²) in [5.74, 6) is 0.900. The second-order valence-corrected chi connectivity index (χ2v) is 5.51. The van der Waals surface area contributed by atoms with Crippen LogP contribution in [0.2, 0.25) is 5.02 Å². The van der Waals surface area contributed by atoms with Crippen molar-refractivity contribution in [3.8, 4) is 5.75 Å². The van der Waals surface area contributed by atoms with Gasteiger partial charge in [0, 0.05) is 19.2 Å². The molecule has 0 fully saturated rings. The molecule has 1 amide bonds. The molecule has 0 aliphatic rings. The Morgan fingerprint density at radius 2 is 1.91 bits per heavy atom. The van der Waals surface area contributed by atoms with Crippen LogP contribution >= 0.6 is 24.0 Å². The fourth-order valence-electron chi connectivity index (χ4n) is 2.29. The first-order valence-electron chi connectivity index (χ1n) is 7.40. The minimum atomic E-state index is -0.0665. The van der Waals surface area contributed by atoms with E-state index in [4.69, 9.17) is 22.1 Å². The maximum Gasteiger partial charge on any atom is 0.257 e. The summed E-state index contributed by atoms with van der Waals surface area (Å²) in [6, 6.07) is 3.19. The standard InChI is InChI=1S/C16H25ClN2O2.ClH/c1-5-11(6-2)10-19(7-3)16(20)12-8-13(17)14(18)9-15(12)21-4;/h8-9,11H,5-7,10,18H2,1-4H3;1H. The maximum atomic E-state index is 12.7. The van der Waals surface area contributed by atoms with Crippen LogP contribution < -0.4 is 10.5 Å². The molecule has 6 heteroatoms. The average molecular weight is 349 g/mol. The van der Waals surface area contributed by atoms with Crippen LogP contribution in [0, 0.1) is 5.92 Å². The van der Waals surface area contributed by atoms with Gasteiger partial charge in [-0.25, -0.2) is 0 Å². The Bertz CT molecular complexity index is 491. The number of hydrogen-bond donors (Lipinski definition) is 1. The van der Waals surface area contributed by atoms with Crippen molar-refractivity contribution in [1.29, 1.82) is 0 Å². The third-order valence-corrected chi connectivity index (χ3v) is 4.18. The third-order valence-electron chi connectivity index (χ3n) is 3.85. The molecule has 22 heavy (non-hydrogen) atoms. The molecule has 0 bridgehead atoms. The summed E-state index contributed by atoms with van der Waals surface area (Å²) in [6.07, 6.45) is 2.11. The fourth-order valence-corrected chi connectivity index (χ4v) is 2.45. The number of carbonyl (C=O) groups excluding carboxylic acids is 1. The monoisotopic (exact) mass is 348 g/mol. The molecule has 126 valence electrons. The van der Waals surface area contributed by atoms with Gasteiger partial charge < -0.3 is 15.4 Å². The highest BCUT2D eigenvalue weighted by Gasteiger charge is 2.21. The molecule has 0 unspecified atom stereocenters. The minimum absolute atomic E-state index is 0. The molecule has 0 spiro atoms. The van der Waals surface area contributed by atoms with E-state index in [1.807, 2.05) is 11.8 Å². The SMILES string of the molecule is CCC(CC)CN(CC)C(=O)c1cc(Cl)c(N)cc1OC.Cl. The van der Waals surface area contributed by atoms with Gasteiger partial charge in [-0.15, -0.1) is 12.4 Å². The van der Waals surface area contributed by atoms with E-state index in [0.29, 0.717) is 34.5 Å². The summed E-state index contributed by atoms with van der Waals surface area (Å²) < 4.78 is 5.27. The van der Waals surface area contributed by atoms with Crippen LogP contribution in [-0.2, 0) is 0 Å². The number of rotatable bonds is 7. The second-order valence-electron chi connectivity index (χ2n) is 5.10. The molecule has 0 saturated carbocycles. The molecule has 0 heterocycles. The zero-order valence-corrected chi connectivity index (χ0v) is 15.3. The molecule has 1 rings (SSSR count). The largest absolute Gasteiger partial charge is 0.496 e. The lowest BCUT2D eigenvalue weighted by Gasteiger charge is -2.26. The molecule has 1 aromatic carbocycles. The summed E-state index contributed by atoms with van der Waals surface area (Å²) in [5, 5.41) is 0.373. The fraction of sp³-hybridized carbons (Fsp3) is 0.562. The smallest absolute Gasteiger partial charge is 0.257 e. The Balaban J connectivity index is 0.00000441. The lowest BCUT2D eigenvalue weighted by atomic mass is 10.0. The lowest BCUT2D eigenvalue weighted by molar-refractivity contribution is 0.0731. The van der Waals surface area contributed by atoms with Crippen LogP contribution in [0.1, 0.15) is 44.0 Å². The van der Waals surface area contributed by atoms with Gasteiger partial charge in [0.1, 0.15) is 5.75 Å².